The Balaban J connectivity index is 1.81. The molecule has 31 heavy (non-hydrogen) atoms. The number of carbonyl (C=O) groups excluding carboxylic acids is 1. The number of carboxylic acids is 1. The molecule has 2 aromatic heterocycles. The third-order valence-corrected chi connectivity index (χ3v) is 4.87. The van der Waals surface area contributed by atoms with Crippen LogP contribution in [0.5, 0.6) is 11.8 Å². The van der Waals surface area contributed by atoms with Crippen molar-refractivity contribution in [1.82, 2.24) is 9.97 Å². The van der Waals surface area contributed by atoms with Crippen LogP contribution in [0.2, 0.25) is 0 Å². The molecule has 1 unspecified atom stereocenters. The Kier molecular flexibility index (Phi) is 7.19. The zero-order valence-corrected chi connectivity index (χ0v) is 18.2. The number of carbonyl (C=O) groups is 2. The Hall–Kier alpha value is -3.46. The lowest BCUT2D eigenvalue weighted by Crippen LogP contribution is -2.15. The molecule has 3 rings (SSSR count). The number of nitrogens with zero attached hydrogens (tertiary/aromatic N) is 2. The van der Waals surface area contributed by atoms with Crippen molar-refractivity contribution in [3.8, 4) is 11.8 Å². The number of benzene rings is 1. The molecule has 9 heteroatoms. The van der Waals surface area contributed by atoms with Crippen LogP contribution in [0.3, 0.4) is 0 Å². The summed E-state index contributed by atoms with van der Waals surface area (Å²) in [6.45, 7) is 5.62. The number of aromatic nitrogens is 2. The maximum atomic E-state index is 12.8. The molecule has 8 nitrogen and oxygen atoms in total. The van der Waals surface area contributed by atoms with E-state index in [1.807, 2.05) is 51.1 Å². The van der Waals surface area contributed by atoms with Crippen molar-refractivity contribution < 1.29 is 24.2 Å². The number of rotatable bonds is 9. The standard InChI is InChI=1S/C22H23N3O5S/c1-13(2)29-18-9-16(21(28)25-22-23-17(12-31-22)11-20(26)27)10-19(24-18)30-14(3)15-7-5-4-6-8-15/h4-10,12-14H,11H2,1-3H3,(H,26,27)(H,23,25,28). The monoisotopic (exact) mass is 441 g/mol. The van der Waals surface area contributed by atoms with Crippen molar-refractivity contribution in [2.24, 2.45) is 0 Å². The van der Waals surface area contributed by atoms with Gasteiger partial charge in [-0.25, -0.2) is 4.98 Å². The molecule has 0 saturated carbocycles. The van der Waals surface area contributed by atoms with Gasteiger partial charge in [0.05, 0.1) is 23.8 Å². The van der Waals surface area contributed by atoms with Gasteiger partial charge in [0.15, 0.2) is 5.13 Å². The van der Waals surface area contributed by atoms with Crippen LogP contribution >= 0.6 is 11.3 Å². The lowest BCUT2D eigenvalue weighted by Gasteiger charge is -2.17. The molecular weight excluding hydrogens is 418 g/mol. The van der Waals surface area contributed by atoms with Crippen molar-refractivity contribution in [3.05, 3.63) is 64.7 Å². The van der Waals surface area contributed by atoms with E-state index >= 15 is 0 Å². The molecule has 2 heterocycles. The van der Waals surface area contributed by atoms with Gasteiger partial charge in [-0.1, -0.05) is 30.3 Å². The zero-order chi connectivity index (χ0) is 22.4. The van der Waals surface area contributed by atoms with E-state index in [-0.39, 0.29) is 36.0 Å². The number of pyridine rings is 1. The second kappa shape index (κ2) is 10.0. The van der Waals surface area contributed by atoms with E-state index in [0.717, 1.165) is 16.9 Å². The van der Waals surface area contributed by atoms with Gasteiger partial charge in [-0.2, -0.15) is 4.98 Å². The molecule has 0 aliphatic rings. The average Bonchev–Trinajstić information content (AvgIpc) is 3.13. The summed E-state index contributed by atoms with van der Waals surface area (Å²) in [5.74, 6) is -0.888. The van der Waals surface area contributed by atoms with Gasteiger partial charge in [-0.15, -0.1) is 11.3 Å². The zero-order valence-electron chi connectivity index (χ0n) is 17.4. The molecule has 1 aromatic carbocycles. The van der Waals surface area contributed by atoms with Gasteiger partial charge in [0.25, 0.3) is 5.91 Å². The molecular formula is C22H23N3O5S. The maximum absolute atomic E-state index is 12.8. The Bertz CT molecular complexity index is 1050. The first-order valence-electron chi connectivity index (χ1n) is 9.68. The number of anilines is 1. The minimum absolute atomic E-state index is 0.136. The SMILES string of the molecule is CC(C)Oc1cc(C(=O)Nc2nc(CC(=O)O)cs2)cc(OC(C)c2ccccc2)n1. The predicted octanol–water partition coefficient (Wildman–Crippen LogP) is 4.34. The van der Waals surface area contributed by atoms with E-state index in [2.05, 4.69) is 15.3 Å². The summed E-state index contributed by atoms with van der Waals surface area (Å²) in [7, 11) is 0. The van der Waals surface area contributed by atoms with Crippen molar-refractivity contribution in [3.63, 3.8) is 0 Å². The van der Waals surface area contributed by atoms with Gasteiger partial charge >= 0.3 is 5.97 Å². The van der Waals surface area contributed by atoms with Gasteiger partial charge in [-0.3, -0.25) is 14.9 Å². The molecule has 0 radical (unpaired) electrons. The van der Waals surface area contributed by atoms with Crippen LogP contribution in [-0.2, 0) is 11.2 Å². The predicted molar refractivity (Wildman–Crippen MR) is 117 cm³/mol. The van der Waals surface area contributed by atoms with Gasteiger partial charge in [0.1, 0.15) is 6.10 Å². The fraction of sp³-hybridized carbons (Fsp3) is 0.273. The van der Waals surface area contributed by atoms with Crippen LogP contribution in [0.4, 0.5) is 5.13 Å². The van der Waals surface area contributed by atoms with E-state index in [4.69, 9.17) is 14.6 Å². The van der Waals surface area contributed by atoms with Crippen LogP contribution in [0, 0.1) is 0 Å². The number of nitrogens with one attached hydrogen (secondary N) is 1. The smallest absolute Gasteiger partial charge is 0.309 e. The second-order valence-corrected chi connectivity index (χ2v) is 7.90. The molecule has 162 valence electrons. The van der Waals surface area contributed by atoms with Crippen LogP contribution in [0.15, 0.2) is 47.8 Å². The highest BCUT2D eigenvalue weighted by atomic mass is 32.1. The van der Waals surface area contributed by atoms with E-state index in [1.165, 1.54) is 12.1 Å². The van der Waals surface area contributed by atoms with E-state index in [1.54, 1.807) is 5.38 Å². The first kappa shape index (κ1) is 22.2. The largest absolute Gasteiger partial charge is 0.481 e. The molecule has 1 atom stereocenters. The number of thiazole rings is 1. The number of aliphatic carboxylic acids is 1. The van der Waals surface area contributed by atoms with E-state index in [0.29, 0.717) is 10.8 Å². The topological polar surface area (TPSA) is 111 Å². The van der Waals surface area contributed by atoms with Crippen molar-refractivity contribution >= 4 is 28.3 Å². The highest BCUT2D eigenvalue weighted by Gasteiger charge is 2.17. The molecule has 3 aromatic rings. The summed E-state index contributed by atoms with van der Waals surface area (Å²) >= 11 is 1.16. The molecule has 0 aliphatic carbocycles. The third-order valence-electron chi connectivity index (χ3n) is 4.07. The van der Waals surface area contributed by atoms with Crippen molar-refractivity contribution in [2.75, 3.05) is 5.32 Å². The second-order valence-electron chi connectivity index (χ2n) is 7.04. The molecule has 0 aliphatic heterocycles. The summed E-state index contributed by atoms with van der Waals surface area (Å²) in [5, 5.41) is 13.5. The van der Waals surface area contributed by atoms with E-state index in [9.17, 15) is 9.59 Å². The Morgan fingerprint density at radius 1 is 1.06 bits per heavy atom. The Labute approximate surface area is 183 Å². The van der Waals surface area contributed by atoms with Crippen LogP contribution in [0.1, 0.15) is 48.5 Å². The first-order valence-corrected chi connectivity index (χ1v) is 10.6. The quantitative estimate of drug-likeness (QED) is 0.508. The fourth-order valence-electron chi connectivity index (χ4n) is 2.72. The molecule has 0 spiro atoms. The molecule has 0 fully saturated rings. The Morgan fingerprint density at radius 3 is 2.39 bits per heavy atom. The molecule has 1 amide bonds. The fourth-order valence-corrected chi connectivity index (χ4v) is 3.42. The number of ether oxygens (including phenoxy) is 2. The van der Waals surface area contributed by atoms with Crippen LogP contribution < -0.4 is 14.8 Å². The average molecular weight is 442 g/mol. The van der Waals surface area contributed by atoms with Gasteiger partial charge in [0, 0.05) is 17.5 Å². The normalized spacial score (nSPS) is 11.7. The third kappa shape index (κ3) is 6.51. The summed E-state index contributed by atoms with van der Waals surface area (Å²) in [6.07, 6.45) is -0.622. The molecule has 0 saturated heterocycles. The number of carboxylic acid groups (broad SMARTS) is 1. The number of hydrogen-bond donors (Lipinski definition) is 2. The van der Waals surface area contributed by atoms with Crippen molar-refractivity contribution in [1.29, 1.82) is 0 Å². The van der Waals surface area contributed by atoms with Gasteiger partial charge in [-0.05, 0) is 26.3 Å². The molecule has 0 bridgehead atoms. The summed E-state index contributed by atoms with van der Waals surface area (Å²) in [6, 6.07) is 12.7. The summed E-state index contributed by atoms with van der Waals surface area (Å²) in [4.78, 5) is 32.1. The van der Waals surface area contributed by atoms with Gasteiger partial charge in [0.2, 0.25) is 11.8 Å². The highest BCUT2D eigenvalue weighted by molar-refractivity contribution is 7.14. The number of hydrogen-bond acceptors (Lipinski definition) is 7. The highest BCUT2D eigenvalue weighted by Crippen LogP contribution is 2.25. The van der Waals surface area contributed by atoms with Crippen LogP contribution in [-0.4, -0.2) is 33.1 Å². The maximum Gasteiger partial charge on any atom is 0.309 e. The molecule has 2 N–H and O–H groups in total. The van der Waals surface area contributed by atoms with Crippen LogP contribution in [0.25, 0.3) is 0 Å². The first-order chi connectivity index (χ1) is 14.8. The Morgan fingerprint density at radius 2 is 1.74 bits per heavy atom. The summed E-state index contributed by atoms with van der Waals surface area (Å²) in [5.41, 5.74) is 1.64. The number of amides is 1. The lowest BCUT2D eigenvalue weighted by molar-refractivity contribution is -0.136. The summed E-state index contributed by atoms with van der Waals surface area (Å²) < 4.78 is 11.6. The minimum atomic E-state index is -0.984. The lowest BCUT2D eigenvalue weighted by atomic mass is 10.1. The van der Waals surface area contributed by atoms with Gasteiger partial charge < -0.3 is 14.6 Å². The van der Waals surface area contributed by atoms with E-state index < -0.39 is 11.9 Å². The minimum Gasteiger partial charge on any atom is -0.481 e. The van der Waals surface area contributed by atoms with Crippen molar-refractivity contribution in [2.45, 2.75) is 39.4 Å².